The van der Waals surface area contributed by atoms with Gasteiger partial charge in [0.1, 0.15) is 0 Å². The lowest BCUT2D eigenvalue weighted by molar-refractivity contribution is 0.369. The van der Waals surface area contributed by atoms with Gasteiger partial charge in [-0.3, -0.25) is 0 Å². The topological polar surface area (TPSA) is 29.0 Å². The van der Waals surface area contributed by atoms with E-state index < -0.39 is 0 Å². The lowest BCUT2D eigenvalue weighted by atomic mass is 9.92. The summed E-state index contributed by atoms with van der Waals surface area (Å²) in [4.78, 5) is 11.8. The molecule has 0 radical (unpaired) electrons. The highest BCUT2D eigenvalue weighted by atomic mass is 15.3. The van der Waals surface area contributed by atoms with Crippen LogP contribution in [0.15, 0.2) is 12.4 Å². The van der Waals surface area contributed by atoms with Crippen molar-refractivity contribution in [2.24, 2.45) is 5.41 Å². The van der Waals surface area contributed by atoms with Gasteiger partial charge in [0.15, 0.2) is 0 Å². The fraction of sp³-hybridized carbons (Fsp3) is 0.810. The standard InChI is InChI=1S/C21H39N3/c1-7-9-11-12-18(3)24(15-14-21(4,5)6)20-22-16-19(17-23-20)13-10-8-2/h16-18H,7-15H2,1-6H3. The molecule has 3 heteroatoms. The number of nitrogens with zero attached hydrogens (tertiary/aromatic N) is 3. The van der Waals surface area contributed by atoms with Crippen molar-refractivity contribution in [3.8, 4) is 0 Å². The normalized spacial score (nSPS) is 13.1. The minimum Gasteiger partial charge on any atom is -0.338 e. The van der Waals surface area contributed by atoms with Gasteiger partial charge in [0.2, 0.25) is 5.95 Å². The minimum absolute atomic E-state index is 0.336. The molecule has 138 valence electrons. The molecule has 1 rings (SSSR count). The van der Waals surface area contributed by atoms with Crippen LogP contribution in [-0.2, 0) is 6.42 Å². The summed E-state index contributed by atoms with van der Waals surface area (Å²) in [7, 11) is 0. The number of rotatable bonds is 11. The van der Waals surface area contributed by atoms with Crippen LogP contribution in [0.3, 0.4) is 0 Å². The smallest absolute Gasteiger partial charge is 0.225 e. The van der Waals surface area contributed by atoms with Gasteiger partial charge in [0.25, 0.3) is 0 Å². The van der Waals surface area contributed by atoms with Crippen molar-refractivity contribution >= 4 is 5.95 Å². The summed E-state index contributed by atoms with van der Waals surface area (Å²) in [6.07, 6.45) is 13.8. The molecule has 3 nitrogen and oxygen atoms in total. The Bertz CT molecular complexity index is 433. The van der Waals surface area contributed by atoms with Crippen LogP contribution in [0, 0.1) is 5.41 Å². The van der Waals surface area contributed by atoms with Gasteiger partial charge < -0.3 is 4.90 Å². The van der Waals surface area contributed by atoms with E-state index >= 15 is 0 Å². The number of anilines is 1. The van der Waals surface area contributed by atoms with E-state index in [0.29, 0.717) is 11.5 Å². The Balaban J connectivity index is 2.78. The second-order valence-electron chi connectivity index (χ2n) is 8.34. The molecule has 0 saturated heterocycles. The molecule has 0 aromatic carbocycles. The van der Waals surface area contributed by atoms with Crippen molar-refractivity contribution in [3.05, 3.63) is 18.0 Å². The summed E-state index contributed by atoms with van der Waals surface area (Å²) in [6, 6.07) is 0.500. The van der Waals surface area contributed by atoms with Crippen LogP contribution in [0.5, 0.6) is 0 Å². The molecule has 0 aliphatic heterocycles. The largest absolute Gasteiger partial charge is 0.338 e. The van der Waals surface area contributed by atoms with Crippen LogP contribution in [0.1, 0.15) is 92.1 Å². The zero-order chi connectivity index (χ0) is 18.0. The van der Waals surface area contributed by atoms with Gasteiger partial charge in [0.05, 0.1) is 0 Å². The molecule has 0 amide bonds. The Kier molecular flexibility index (Phi) is 9.31. The van der Waals surface area contributed by atoms with Crippen molar-refractivity contribution in [1.82, 2.24) is 9.97 Å². The van der Waals surface area contributed by atoms with E-state index in [0.717, 1.165) is 25.3 Å². The molecule has 1 aromatic rings. The third kappa shape index (κ3) is 8.12. The van der Waals surface area contributed by atoms with Crippen molar-refractivity contribution in [3.63, 3.8) is 0 Å². The van der Waals surface area contributed by atoms with Crippen LogP contribution in [-0.4, -0.2) is 22.6 Å². The molecular weight excluding hydrogens is 294 g/mol. The molecule has 0 aliphatic carbocycles. The lowest BCUT2D eigenvalue weighted by Gasteiger charge is -2.32. The second-order valence-corrected chi connectivity index (χ2v) is 8.34. The van der Waals surface area contributed by atoms with Crippen LogP contribution in [0.25, 0.3) is 0 Å². The van der Waals surface area contributed by atoms with Gasteiger partial charge in [-0.2, -0.15) is 0 Å². The van der Waals surface area contributed by atoms with Gasteiger partial charge in [-0.25, -0.2) is 9.97 Å². The summed E-state index contributed by atoms with van der Waals surface area (Å²) in [6.45, 7) is 14.8. The first-order valence-electron chi connectivity index (χ1n) is 9.95. The number of aromatic nitrogens is 2. The first-order valence-corrected chi connectivity index (χ1v) is 9.95. The zero-order valence-electron chi connectivity index (χ0n) is 16.9. The fourth-order valence-corrected chi connectivity index (χ4v) is 2.83. The van der Waals surface area contributed by atoms with Gasteiger partial charge >= 0.3 is 0 Å². The number of hydrogen-bond donors (Lipinski definition) is 0. The maximum atomic E-state index is 4.70. The highest BCUT2D eigenvalue weighted by Gasteiger charge is 2.20. The molecule has 0 aliphatic rings. The Morgan fingerprint density at radius 1 is 1.00 bits per heavy atom. The van der Waals surface area contributed by atoms with Gasteiger partial charge in [0, 0.05) is 25.0 Å². The average Bonchev–Trinajstić information content (AvgIpc) is 2.53. The quantitative estimate of drug-likeness (QED) is 0.463. The Morgan fingerprint density at radius 3 is 2.17 bits per heavy atom. The molecule has 1 unspecified atom stereocenters. The van der Waals surface area contributed by atoms with E-state index in [-0.39, 0.29) is 0 Å². The summed E-state index contributed by atoms with van der Waals surface area (Å²) < 4.78 is 0. The molecule has 0 spiro atoms. The van der Waals surface area contributed by atoms with Crippen molar-refractivity contribution in [2.45, 2.75) is 99.0 Å². The van der Waals surface area contributed by atoms with E-state index in [9.17, 15) is 0 Å². The first-order chi connectivity index (χ1) is 11.4. The molecule has 1 atom stereocenters. The van der Waals surface area contributed by atoms with Crippen molar-refractivity contribution in [2.75, 3.05) is 11.4 Å². The molecule has 0 N–H and O–H groups in total. The van der Waals surface area contributed by atoms with E-state index in [1.165, 1.54) is 44.1 Å². The maximum Gasteiger partial charge on any atom is 0.225 e. The molecule has 1 heterocycles. The highest BCUT2D eigenvalue weighted by Crippen LogP contribution is 2.23. The van der Waals surface area contributed by atoms with Crippen LogP contribution in [0.2, 0.25) is 0 Å². The Hall–Kier alpha value is -1.12. The van der Waals surface area contributed by atoms with Crippen LogP contribution >= 0.6 is 0 Å². The fourth-order valence-electron chi connectivity index (χ4n) is 2.83. The second kappa shape index (κ2) is 10.7. The number of hydrogen-bond acceptors (Lipinski definition) is 3. The lowest BCUT2D eigenvalue weighted by Crippen LogP contribution is -2.37. The predicted molar refractivity (Wildman–Crippen MR) is 106 cm³/mol. The van der Waals surface area contributed by atoms with Gasteiger partial charge in [-0.1, -0.05) is 60.3 Å². The predicted octanol–water partition coefficient (Wildman–Crippen LogP) is 6.03. The highest BCUT2D eigenvalue weighted by molar-refractivity contribution is 5.31. The van der Waals surface area contributed by atoms with Crippen LogP contribution in [0.4, 0.5) is 5.95 Å². The Labute approximate surface area is 150 Å². The van der Waals surface area contributed by atoms with E-state index in [1.807, 2.05) is 12.4 Å². The van der Waals surface area contributed by atoms with Crippen molar-refractivity contribution in [1.29, 1.82) is 0 Å². The molecule has 0 bridgehead atoms. The molecule has 0 fully saturated rings. The van der Waals surface area contributed by atoms with E-state index in [1.54, 1.807) is 0 Å². The zero-order valence-corrected chi connectivity index (χ0v) is 16.9. The maximum absolute atomic E-state index is 4.70. The first kappa shape index (κ1) is 20.9. The summed E-state index contributed by atoms with van der Waals surface area (Å²) >= 11 is 0. The van der Waals surface area contributed by atoms with Crippen LogP contribution < -0.4 is 4.90 Å². The average molecular weight is 334 g/mol. The summed E-state index contributed by atoms with van der Waals surface area (Å²) in [5.74, 6) is 0.906. The molecule has 1 aromatic heterocycles. The molecular formula is C21H39N3. The summed E-state index contributed by atoms with van der Waals surface area (Å²) in [5, 5.41) is 0. The SMILES string of the molecule is CCCCCC(C)N(CCC(C)(C)C)c1ncc(CCCC)cn1. The third-order valence-electron chi connectivity index (χ3n) is 4.63. The summed E-state index contributed by atoms with van der Waals surface area (Å²) in [5.41, 5.74) is 1.60. The van der Waals surface area contributed by atoms with E-state index in [4.69, 9.17) is 9.97 Å². The monoisotopic (exact) mass is 333 g/mol. The van der Waals surface area contributed by atoms with E-state index in [2.05, 4.69) is 46.4 Å². The minimum atomic E-state index is 0.336. The van der Waals surface area contributed by atoms with Gasteiger partial charge in [-0.05, 0) is 43.6 Å². The van der Waals surface area contributed by atoms with Crippen molar-refractivity contribution < 1.29 is 0 Å². The Morgan fingerprint density at radius 2 is 1.62 bits per heavy atom. The van der Waals surface area contributed by atoms with Gasteiger partial charge in [-0.15, -0.1) is 0 Å². The molecule has 0 saturated carbocycles. The number of aryl methyl sites for hydroxylation is 1. The molecule has 24 heavy (non-hydrogen) atoms. The third-order valence-corrected chi connectivity index (χ3v) is 4.63. The number of unbranched alkanes of at least 4 members (excludes halogenated alkanes) is 3.